The van der Waals surface area contributed by atoms with E-state index in [4.69, 9.17) is 4.74 Å². The molecule has 10 heteroatoms. The number of anilines is 3. The Labute approximate surface area is 163 Å². The van der Waals surface area contributed by atoms with E-state index in [9.17, 15) is 0 Å². The topological polar surface area (TPSA) is 97.1 Å². The summed E-state index contributed by atoms with van der Waals surface area (Å²) in [4.78, 5) is 17.0. The molecular weight excluding hydrogens is 358 g/mol. The molecule has 0 bridgehead atoms. The Hall–Kier alpha value is -3.27. The van der Waals surface area contributed by atoms with Crippen molar-refractivity contribution in [2.75, 3.05) is 49.4 Å². The monoisotopic (exact) mass is 381 g/mol. The molecule has 0 aliphatic carbocycles. The van der Waals surface area contributed by atoms with Gasteiger partial charge in [0.05, 0.1) is 12.1 Å². The first-order chi connectivity index (χ1) is 13.6. The molecule has 0 spiro atoms. The molecular formula is C18H23N9O. The van der Waals surface area contributed by atoms with Crippen LogP contribution in [0.2, 0.25) is 0 Å². The van der Waals surface area contributed by atoms with Gasteiger partial charge in [0, 0.05) is 52.9 Å². The maximum Gasteiger partial charge on any atom is 0.226 e. The molecule has 3 aromatic heterocycles. The van der Waals surface area contributed by atoms with Crippen LogP contribution >= 0.6 is 0 Å². The second-order valence-electron chi connectivity index (χ2n) is 6.79. The molecule has 4 rings (SSSR count). The van der Waals surface area contributed by atoms with Gasteiger partial charge >= 0.3 is 0 Å². The molecule has 0 unspecified atom stereocenters. The van der Waals surface area contributed by atoms with Crippen molar-refractivity contribution in [3.05, 3.63) is 43.1 Å². The highest BCUT2D eigenvalue weighted by Crippen LogP contribution is 2.23. The first-order valence-corrected chi connectivity index (χ1v) is 9.01. The molecule has 2 atom stereocenters. The van der Waals surface area contributed by atoms with Gasteiger partial charge in [-0.25, -0.2) is 9.97 Å². The molecule has 1 fully saturated rings. The summed E-state index contributed by atoms with van der Waals surface area (Å²) >= 11 is 0. The number of hydrogen-bond acceptors (Lipinski definition) is 9. The van der Waals surface area contributed by atoms with Gasteiger partial charge in [-0.2, -0.15) is 4.98 Å². The number of aromatic nitrogens is 6. The SMILES string of the molecule is CO[C@@H]1CN(c2ccnc(N(C)C)n2)C[C@@H]1Nc1ccc(-n2ccnc2)nn1. The number of rotatable bonds is 6. The van der Waals surface area contributed by atoms with Crippen molar-refractivity contribution in [3.63, 3.8) is 0 Å². The second-order valence-corrected chi connectivity index (χ2v) is 6.79. The molecule has 1 N–H and O–H groups in total. The third-order valence-electron chi connectivity index (χ3n) is 4.67. The minimum absolute atomic E-state index is 0.00731. The first-order valence-electron chi connectivity index (χ1n) is 9.01. The molecule has 0 saturated carbocycles. The van der Waals surface area contributed by atoms with E-state index in [1.54, 1.807) is 25.8 Å². The summed E-state index contributed by atoms with van der Waals surface area (Å²) in [5.74, 6) is 2.99. The third-order valence-corrected chi connectivity index (χ3v) is 4.67. The Kier molecular flexibility index (Phi) is 5.02. The lowest BCUT2D eigenvalue weighted by molar-refractivity contribution is 0.113. The van der Waals surface area contributed by atoms with Gasteiger partial charge in [-0.05, 0) is 18.2 Å². The highest BCUT2D eigenvalue weighted by Gasteiger charge is 2.34. The zero-order valence-electron chi connectivity index (χ0n) is 16.1. The summed E-state index contributed by atoms with van der Waals surface area (Å²) in [5.41, 5.74) is 0. The molecule has 146 valence electrons. The lowest BCUT2D eigenvalue weighted by Gasteiger charge is -2.19. The molecule has 1 aliphatic heterocycles. The van der Waals surface area contributed by atoms with E-state index in [2.05, 4.69) is 35.4 Å². The summed E-state index contributed by atoms with van der Waals surface area (Å²) in [6.07, 6.45) is 7.01. The Morgan fingerprint density at radius 2 is 2.00 bits per heavy atom. The summed E-state index contributed by atoms with van der Waals surface area (Å²) in [6, 6.07) is 5.80. The quantitative estimate of drug-likeness (QED) is 0.666. The number of imidazole rings is 1. The fourth-order valence-corrected chi connectivity index (χ4v) is 3.19. The molecule has 3 aromatic rings. The van der Waals surface area contributed by atoms with Gasteiger partial charge in [0.1, 0.15) is 18.0 Å². The van der Waals surface area contributed by atoms with Crippen LogP contribution in [0.5, 0.6) is 0 Å². The van der Waals surface area contributed by atoms with Crippen molar-refractivity contribution in [3.8, 4) is 5.82 Å². The maximum absolute atomic E-state index is 5.69. The molecule has 4 heterocycles. The van der Waals surface area contributed by atoms with E-state index < -0.39 is 0 Å². The lowest BCUT2D eigenvalue weighted by atomic mass is 10.2. The summed E-state index contributed by atoms with van der Waals surface area (Å²) in [5, 5.41) is 12.0. The van der Waals surface area contributed by atoms with Crippen LogP contribution in [0.1, 0.15) is 0 Å². The van der Waals surface area contributed by atoms with E-state index in [1.807, 2.05) is 48.0 Å². The van der Waals surface area contributed by atoms with Crippen molar-refractivity contribution in [1.29, 1.82) is 0 Å². The van der Waals surface area contributed by atoms with Gasteiger partial charge in [-0.1, -0.05) is 0 Å². The predicted molar refractivity (Wildman–Crippen MR) is 106 cm³/mol. The summed E-state index contributed by atoms with van der Waals surface area (Å²) in [6.45, 7) is 1.48. The maximum atomic E-state index is 5.69. The fourth-order valence-electron chi connectivity index (χ4n) is 3.19. The van der Waals surface area contributed by atoms with Crippen LogP contribution in [0.25, 0.3) is 5.82 Å². The van der Waals surface area contributed by atoms with E-state index in [0.717, 1.165) is 24.7 Å². The Balaban J connectivity index is 1.46. The van der Waals surface area contributed by atoms with Crippen LogP contribution in [-0.2, 0) is 4.74 Å². The van der Waals surface area contributed by atoms with Crippen molar-refractivity contribution < 1.29 is 4.74 Å². The Morgan fingerprint density at radius 1 is 1.11 bits per heavy atom. The van der Waals surface area contributed by atoms with Crippen LogP contribution in [0.15, 0.2) is 43.1 Å². The second kappa shape index (κ2) is 7.77. The molecule has 1 saturated heterocycles. The Morgan fingerprint density at radius 3 is 2.68 bits per heavy atom. The van der Waals surface area contributed by atoms with Gasteiger partial charge in [0.25, 0.3) is 0 Å². The smallest absolute Gasteiger partial charge is 0.226 e. The van der Waals surface area contributed by atoms with Crippen LogP contribution < -0.4 is 15.1 Å². The number of hydrogen-bond donors (Lipinski definition) is 1. The molecule has 0 radical (unpaired) electrons. The summed E-state index contributed by atoms with van der Waals surface area (Å²) in [7, 11) is 5.58. The average molecular weight is 381 g/mol. The van der Waals surface area contributed by atoms with Gasteiger partial charge < -0.3 is 19.9 Å². The van der Waals surface area contributed by atoms with E-state index >= 15 is 0 Å². The standard InChI is InChI=1S/C18H23N9O/c1-25(2)18-20-7-6-16(22-18)27-10-13(14(11-27)28-3)21-15-4-5-17(24-23-15)26-9-8-19-12-26/h4-9,12-14H,10-11H2,1-3H3,(H,21,23)/t13-,14+/m0/s1. The number of nitrogens with one attached hydrogen (secondary N) is 1. The van der Waals surface area contributed by atoms with Gasteiger partial charge in [-0.15, -0.1) is 10.2 Å². The highest BCUT2D eigenvalue weighted by molar-refractivity contribution is 5.47. The van der Waals surface area contributed by atoms with Gasteiger partial charge in [-0.3, -0.25) is 4.57 Å². The van der Waals surface area contributed by atoms with Crippen molar-refractivity contribution in [1.82, 2.24) is 29.7 Å². The summed E-state index contributed by atoms with van der Waals surface area (Å²) < 4.78 is 7.50. The fraction of sp³-hybridized carbons (Fsp3) is 0.389. The van der Waals surface area contributed by atoms with E-state index in [0.29, 0.717) is 11.8 Å². The van der Waals surface area contributed by atoms with E-state index in [1.165, 1.54) is 0 Å². The van der Waals surface area contributed by atoms with Crippen molar-refractivity contribution >= 4 is 17.6 Å². The average Bonchev–Trinajstić information content (AvgIpc) is 3.39. The third kappa shape index (κ3) is 3.72. The molecule has 1 aliphatic rings. The normalized spacial score (nSPS) is 19.0. The molecule has 10 nitrogen and oxygen atoms in total. The van der Waals surface area contributed by atoms with Crippen LogP contribution in [0.4, 0.5) is 17.6 Å². The molecule has 0 aromatic carbocycles. The minimum Gasteiger partial charge on any atom is -0.377 e. The zero-order chi connectivity index (χ0) is 19.5. The molecule has 28 heavy (non-hydrogen) atoms. The lowest BCUT2D eigenvalue weighted by Crippen LogP contribution is -2.34. The number of methoxy groups -OCH3 is 1. The predicted octanol–water partition coefficient (Wildman–Crippen LogP) is 0.834. The number of nitrogens with zero attached hydrogens (tertiary/aromatic N) is 8. The highest BCUT2D eigenvalue weighted by atomic mass is 16.5. The van der Waals surface area contributed by atoms with Gasteiger partial charge in [0.15, 0.2) is 5.82 Å². The number of ether oxygens (including phenoxy) is 1. The zero-order valence-corrected chi connectivity index (χ0v) is 16.1. The van der Waals surface area contributed by atoms with Crippen LogP contribution in [0.3, 0.4) is 0 Å². The Bertz CT molecular complexity index is 898. The van der Waals surface area contributed by atoms with Crippen LogP contribution in [-0.4, -0.2) is 76.2 Å². The van der Waals surface area contributed by atoms with Gasteiger partial charge in [0.2, 0.25) is 5.95 Å². The first kappa shape index (κ1) is 18.1. The largest absolute Gasteiger partial charge is 0.377 e. The van der Waals surface area contributed by atoms with Crippen molar-refractivity contribution in [2.45, 2.75) is 12.1 Å². The van der Waals surface area contributed by atoms with Crippen molar-refractivity contribution in [2.24, 2.45) is 0 Å². The molecule has 0 amide bonds. The van der Waals surface area contributed by atoms with E-state index in [-0.39, 0.29) is 12.1 Å². The minimum atomic E-state index is 0.00731. The van der Waals surface area contributed by atoms with Crippen LogP contribution in [0, 0.1) is 0 Å².